The van der Waals surface area contributed by atoms with Crippen molar-refractivity contribution >= 4 is 12.3 Å². The standard InChI is InChI=1S/C10H12N2O3/c13-6-7-15-10(14)12-11-8-9-4-2-1-3-5-9/h1-5,8,13H,6-7H2,(H,12,14)/b11-8+. The van der Waals surface area contributed by atoms with Crippen LogP contribution in [0, 0.1) is 0 Å². The maximum absolute atomic E-state index is 10.8. The molecule has 1 aromatic rings. The molecule has 5 heteroatoms. The highest BCUT2D eigenvalue weighted by Gasteiger charge is 1.96. The highest BCUT2D eigenvalue weighted by molar-refractivity contribution is 5.80. The van der Waals surface area contributed by atoms with Crippen molar-refractivity contribution in [1.82, 2.24) is 5.43 Å². The minimum absolute atomic E-state index is 0.0350. The van der Waals surface area contributed by atoms with Crippen LogP contribution in [-0.2, 0) is 4.74 Å². The molecule has 0 unspecified atom stereocenters. The fourth-order valence-corrected chi connectivity index (χ4v) is 0.869. The summed E-state index contributed by atoms with van der Waals surface area (Å²) in [6.07, 6.45) is 0.816. The molecule has 15 heavy (non-hydrogen) atoms. The third-order valence-electron chi connectivity index (χ3n) is 1.49. The van der Waals surface area contributed by atoms with Crippen molar-refractivity contribution in [2.75, 3.05) is 13.2 Å². The molecule has 0 saturated heterocycles. The van der Waals surface area contributed by atoms with E-state index in [1.807, 2.05) is 30.3 Å². The monoisotopic (exact) mass is 208 g/mol. The molecule has 0 aliphatic rings. The van der Waals surface area contributed by atoms with Gasteiger partial charge in [0.2, 0.25) is 0 Å². The van der Waals surface area contributed by atoms with Crippen molar-refractivity contribution in [3.63, 3.8) is 0 Å². The van der Waals surface area contributed by atoms with Crippen LogP contribution >= 0.6 is 0 Å². The first kappa shape index (κ1) is 11.2. The molecule has 0 fully saturated rings. The van der Waals surface area contributed by atoms with Gasteiger partial charge in [-0.15, -0.1) is 0 Å². The third kappa shape index (κ3) is 4.78. The van der Waals surface area contributed by atoms with E-state index in [9.17, 15) is 4.79 Å². The lowest BCUT2D eigenvalue weighted by atomic mass is 10.2. The Kier molecular flexibility index (Phi) is 4.89. The van der Waals surface area contributed by atoms with Crippen molar-refractivity contribution in [2.45, 2.75) is 0 Å². The summed E-state index contributed by atoms with van der Waals surface area (Å²) in [7, 11) is 0. The van der Waals surface area contributed by atoms with Gasteiger partial charge in [0.05, 0.1) is 12.8 Å². The van der Waals surface area contributed by atoms with Crippen LogP contribution < -0.4 is 5.43 Å². The summed E-state index contributed by atoms with van der Waals surface area (Å²) in [5, 5.41) is 12.0. The lowest BCUT2D eigenvalue weighted by Crippen LogP contribution is -2.20. The van der Waals surface area contributed by atoms with Crippen LogP contribution in [0.5, 0.6) is 0 Å². The van der Waals surface area contributed by atoms with Crippen LogP contribution in [0.4, 0.5) is 4.79 Å². The van der Waals surface area contributed by atoms with E-state index in [0.717, 1.165) is 5.56 Å². The molecule has 0 aromatic heterocycles. The summed E-state index contributed by atoms with van der Waals surface area (Å²) in [4.78, 5) is 10.8. The summed E-state index contributed by atoms with van der Waals surface area (Å²) in [5.74, 6) is 0. The Bertz CT molecular complexity index is 325. The van der Waals surface area contributed by atoms with E-state index in [1.54, 1.807) is 0 Å². The Morgan fingerprint density at radius 1 is 1.47 bits per heavy atom. The predicted octanol–water partition coefficient (Wildman–Crippen LogP) is 0.739. The number of hydrogen-bond donors (Lipinski definition) is 2. The largest absolute Gasteiger partial charge is 0.446 e. The number of carbonyl (C=O) groups is 1. The summed E-state index contributed by atoms with van der Waals surface area (Å²) < 4.78 is 4.52. The molecule has 0 atom stereocenters. The first-order chi connectivity index (χ1) is 7.33. The minimum atomic E-state index is -0.684. The normalized spacial score (nSPS) is 10.2. The third-order valence-corrected chi connectivity index (χ3v) is 1.49. The molecular formula is C10H12N2O3. The lowest BCUT2D eigenvalue weighted by molar-refractivity contribution is 0.119. The smallest absolute Gasteiger partial charge is 0.427 e. The number of benzene rings is 1. The number of rotatable bonds is 4. The highest BCUT2D eigenvalue weighted by atomic mass is 16.6. The van der Waals surface area contributed by atoms with Gasteiger partial charge in [-0.1, -0.05) is 30.3 Å². The van der Waals surface area contributed by atoms with Crippen LogP contribution in [0.2, 0.25) is 0 Å². The summed E-state index contributed by atoms with van der Waals surface area (Å²) in [5.41, 5.74) is 3.04. The van der Waals surface area contributed by atoms with Crippen molar-refractivity contribution in [3.05, 3.63) is 35.9 Å². The molecule has 0 aliphatic heterocycles. The van der Waals surface area contributed by atoms with E-state index < -0.39 is 6.09 Å². The molecule has 0 saturated carbocycles. The summed E-state index contributed by atoms with van der Waals surface area (Å²) >= 11 is 0. The predicted molar refractivity (Wildman–Crippen MR) is 55.6 cm³/mol. The van der Waals surface area contributed by atoms with Crippen LogP contribution in [0.1, 0.15) is 5.56 Å². The van der Waals surface area contributed by atoms with Crippen LogP contribution in [-0.4, -0.2) is 30.6 Å². The second-order valence-corrected chi connectivity index (χ2v) is 2.64. The summed E-state index contributed by atoms with van der Waals surface area (Å²) in [6.45, 7) is -0.234. The van der Waals surface area contributed by atoms with Gasteiger partial charge in [-0.2, -0.15) is 5.10 Å². The SMILES string of the molecule is O=C(N/N=C/c1ccccc1)OCCO. The molecule has 0 aliphatic carbocycles. The molecule has 2 N–H and O–H groups in total. The Morgan fingerprint density at radius 3 is 2.87 bits per heavy atom. The van der Waals surface area contributed by atoms with Gasteiger partial charge >= 0.3 is 6.09 Å². The van der Waals surface area contributed by atoms with Gasteiger partial charge in [-0.3, -0.25) is 0 Å². The average molecular weight is 208 g/mol. The number of nitrogens with zero attached hydrogens (tertiary/aromatic N) is 1. The van der Waals surface area contributed by atoms with Crippen LogP contribution in [0.3, 0.4) is 0 Å². The molecular weight excluding hydrogens is 196 g/mol. The van der Waals surface area contributed by atoms with Crippen LogP contribution in [0.25, 0.3) is 0 Å². The minimum Gasteiger partial charge on any atom is -0.446 e. The second-order valence-electron chi connectivity index (χ2n) is 2.64. The molecule has 1 rings (SSSR count). The zero-order valence-electron chi connectivity index (χ0n) is 8.09. The Labute approximate surface area is 87.4 Å². The van der Waals surface area contributed by atoms with Crippen molar-refractivity contribution in [1.29, 1.82) is 0 Å². The van der Waals surface area contributed by atoms with Crippen molar-refractivity contribution < 1.29 is 14.6 Å². The average Bonchev–Trinajstić information content (AvgIpc) is 2.28. The van der Waals surface area contributed by atoms with Gasteiger partial charge in [0.15, 0.2) is 0 Å². The maximum Gasteiger partial charge on any atom is 0.427 e. The zero-order valence-corrected chi connectivity index (χ0v) is 8.09. The number of aliphatic hydroxyl groups excluding tert-OH is 1. The van der Waals surface area contributed by atoms with Gasteiger partial charge in [0, 0.05) is 0 Å². The quantitative estimate of drug-likeness (QED) is 0.566. The Morgan fingerprint density at radius 2 is 2.20 bits per heavy atom. The van der Waals surface area contributed by atoms with Crippen molar-refractivity contribution in [2.24, 2.45) is 5.10 Å². The van der Waals surface area contributed by atoms with E-state index >= 15 is 0 Å². The number of hydrazone groups is 1. The summed E-state index contributed by atoms with van der Waals surface area (Å²) in [6, 6.07) is 9.33. The van der Waals surface area contributed by atoms with E-state index in [4.69, 9.17) is 5.11 Å². The molecule has 5 nitrogen and oxygen atoms in total. The van der Waals surface area contributed by atoms with Gasteiger partial charge in [0.25, 0.3) is 0 Å². The fourth-order valence-electron chi connectivity index (χ4n) is 0.869. The fraction of sp³-hybridized carbons (Fsp3) is 0.200. The second kappa shape index (κ2) is 6.56. The number of aliphatic hydroxyl groups is 1. The lowest BCUT2D eigenvalue weighted by Gasteiger charge is -1.99. The number of nitrogens with one attached hydrogen (secondary N) is 1. The molecule has 80 valence electrons. The Balaban J connectivity index is 2.31. The molecule has 0 radical (unpaired) electrons. The van der Waals surface area contributed by atoms with Crippen molar-refractivity contribution in [3.8, 4) is 0 Å². The number of hydrogen-bond acceptors (Lipinski definition) is 4. The number of carbonyl (C=O) groups excluding carboxylic acids is 1. The van der Waals surface area contributed by atoms with Gasteiger partial charge < -0.3 is 9.84 Å². The highest BCUT2D eigenvalue weighted by Crippen LogP contribution is 1.93. The van der Waals surface area contributed by atoms with E-state index in [0.29, 0.717) is 0 Å². The number of ether oxygens (including phenoxy) is 1. The molecule has 1 aromatic carbocycles. The van der Waals surface area contributed by atoms with Gasteiger partial charge in [-0.25, -0.2) is 10.2 Å². The van der Waals surface area contributed by atoms with E-state index in [1.165, 1.54) is 6.21 Å². The van der Waals surface area contributed by atoms with E-state index in [-0.39, 0.29) is 13.2 Å². The molecule has 0 heterocycles. The first-order valence-electron chi connectivity index (χ1n) is 4.44. The first-order valence-corrected chi connectivity index (χ1v) is 4.44. The van der Waals surface area contributed by atoms with Gasteiger partial charge in [-0.05, 0) is 5.56 Å². The Hall–Kier alpha value is -1.88. The maximum atomic E-state index is 10.8. The van der Waals surface area contributed by atoms with E-state index in [2.05, 4.69) is 15.3 Å². The number of amides is 1. The van der Waals surface area contributed by atoms with Crippen LogP contribution in [0.15, 0.2) is 35.4 Å². The zero-order chi connectivity index (χ0) is 10.9. The van der Waals surface area contributed by atoms with Gasteiger partial charge in [0.1, 0.15) is 6.61 Å². The molecule has 0 bridgehead atoms. The molecule has 0 spiro atoms. The molecule has 1 amide bonds. The topological polar surface area (TPSA) is 70.9 Å².